The average Bonchev–Trinajstić information content (AvgIpc) is 2.36. The molecule has 19 heavy (non-hydrogen) atoms. The first-order valence-electron chi connectivity index (χ1n) is 6.72. The fourth-order valence-corrected chi connectivity index (χ4v) is 3.58. The molecule has 2 heterocycles. The Labute approximate surface area is 122 Å². The van der Waals surface area contributed by atoms with Gasteiger partial charge in [0.1, 0.15) is 5.60 Å². The highest BCUT2D eigenvalue weighted by atomic mass is 79.9. The van der Waals surface area contributed by atoms with Gasteiger partial charge in [0.25, 0.3) is 0 Å². The topological polar surface area (TPSA) is 29.5 Å². The van der Waals surface area contributed by atoms with Gasteiger partial charge in [-0.2, -0.15) is 0 Å². The number of carbonyl (C=O) groups is 1. The summed E-state index contributed by atoms with van der Waals surface area (Å²) in [5.41, 5.74) is 0.861. The molecule has 0 spiro atoms. The second-order valence-electron chi connectivity index (χ2n) is 5.97. The first kappa shape index (κ1) is 13.0. The fraction of sp³-hybridized carbons (Fsp3) is 0.533. The summed E-state index contributed by atoms with van der Waals surface area (Å²) < 4.78 is 6.65. The molecular weight excluding hydrogens is 306 g/mol. The van der Waals surface area contributed by atoms with Crippen molar-refractivity contribution in [1.29, 1.82) is 0 Å². The Morgan fingerprint density at radius 1 is 1.37 bits per heavy atom. The van der Waals surface area contributed by atoms with Crippen LogP contribution in [-0.2, 0) is 4.74 Å². The molecular formula is C15H18BrNO2. The summed E-state index contributed by atoms with van der Waals surface area (Å²) in [4.78, 5) is 14.1. The zero-order valence-corrected chi connectivity index (χ0v) is 12.8. The Bertz CT molecular complexity index is 515. The number of rotatable bonds is 1. The molecule has 0 N–H and O–H groups in total. The minimum absolute atomic E-state index is 0.150. The van der Waals surface area contributed by atoms with Crippen LogP contribution in [0.5, 0.6) is 0 Å². The Kier molecular flexibility index (Phi) is 3.08. The van der Waals surface area contributed by atoms with Crippen LogP contribution in [0.1, 0.15) is 38.3 Å². The Hall–Kier alpha value is -1.03. The molecule has 3 nitrogen and oxygen atoms in total. The number of halogens is 1. The number of hydrogen-bond acceptors (Lipinski definition) is 2. The molecule has 102 valence electrons. The summed E-state index contributed by atoms with van der Waals surface area (Å²) in [5, 5.41) is 0. The minimum atomic E-state index is -0.324. The first-order chi connectivity index (χ1) is 8.97. The van der Waals surface area contributed by atoms with Gasteiger partial charge in [0, 0.05) is 16.9 Å². The monoisotopic (exact) mass is 323 g/mol. The molecule has 1 amide bonds. The number of hydrogen-bond donors (Lipinski definition) is 0. The van der Waals surface area contributed by atoms with Crippen molar-refractivity contribution in [2.24, 2.45) is 5.92 Å². The third-order valence-electron chi connectivity index (χ3n) is 4.38. The van der Waals surface area contributed by atoms with Gasteiger partial charge in [0.2, 0.25) is 0 Å². The molecule has 2 saturated heterocycles. The smallest absolute Gasteiger partial charge is 0.410 e. The molecule has 2 atom stereocenters. The lowest BCUT2D eigenvalue weighted by Crippen LogP contribution is -2.56. The third kappa shape index (κ3) is 2.27. The lowest BCUT2D eigenvalue weighted by molar-refractivity contribution is -0.0980. The SMILES string of the molecule is CC1(C)OC(=O)N2CC1CCC2c1cccc(Br)c1. The molecule has 2 aliphatic rings. The number of amides is 1. The van der Waals surface area contributed by atoms with Crippen LogP contribution >= 0.6 is 15.9 Å². The van der Waals surface area contributed by atoms with E-state index in [2.05, 4.69) is 28.1 Å². The van der Waals surface area contributed by atoms with E-state index < -0.39 is 0 Å². The number of piperidine rings is 1. The number of fused-ring (bicyclic) bond motifs is 2. The normalized spacial score (nSPS) is 29.0. The number of carbonyl (C=O) groups excluding carboxylic acids is 1. The summed E-state index contributed by atoms with van der Waals surface area (Å²) in [5.74, 6) is 0.439. The highest BCUT2D eigenvalue weighted by Gasteiger charge is 2.47. The summed E-state index contributed by atoms with van der Waals surface area (Å²) in [6.45, 7) is 4.85. The van der Waals surface area contributed by atoms with Crippen molar-refractivity contribution >= 4 is 22.0 Å². The van der Waals surface area contributed by atoms with Gasteiger partial charge < -0.3 is 9.64 Å². The van der Waals surface area contributed by atoms with Crippen LogP contribution in [-0.4, -0.2) is 23.1 Å². The first-order valence-corrected chi connectivity index (χ1v) is 7.52. The third-order valence-corrected chi connectivity index (χ3v) is 4.88. The van der Waals surface area contributed by atoms with Gasteiger partial charge >= 0.3 is 6.09 Å². The molecule has 3 rings (SSSR count). The van der Waals surface area contributed by atoms with E-state index in [1.807, 2.05) is 30.9 Å². The van der Waals surface area contributed by atoms with Crippen LogP contribution < -0.4 is 0 Å². The molecule has 0 radical (unpaired) electrons. The van der Waals surface area contributed by atoms with Gasteiger partial charge in [0.15, 0.2) is 0 Å². The number of ether oxygens (including phenoxy) is 1. The fourth-order valence-electron chi connectivity index (χ4n) is 3.17. The van der Waals surface area contributed by atoms with Crippen molar-refractivity contribution in [1.82, 2.24) is 4.90 Å². The van der Waals surface area contributed by atoms with E-state index in [0.29, 0.717) is 5.92 Å². The van der Waals surface area contributed by atoms with Crippen molar-refractivity contribution in [3.63, 3.8) is 0 Å². The van der Waals surface area contributed by atoms with E-state index in [0.717, 1.165) is 23.9 Å². The largest absolute Gasteiger partial charge is 0.443 e. The van der Waals surface area contributed by atoms with Crippen molar-refractivity contribution in [3.8, 4) is 0 Å². The van der Waals surface area contributed by atoms with Crippen LogP contribution in [0.4, 0.5) is 4.79 Å². The second kappa shape index (κ2) is 4.51. The zero-order valence-electron chi connectivity index (χ0n) is 11.2. The van der Waals surface area contributed by atoms with Gasteiger partial charge in [0.05, 0.1) is 6.04 Å². The summed E-state index contributed by atoms with van der Waals surface area (Å²) in [6.07, 6.45) is 1.94. The highest BCUT2D eigenvalue weighted by Crippen LogP contribution is 2.43. The van der Waals surface area contributed by atoms with E-state index in [1.54, 1.807) is 0 Å². The van der Waals surface area contributed by atoms with Crippen LogP contribution in [0, 0.1) is 5.92 Å². The second-order valence-corrected chi connectivity index (χ2v) is 6.88. The predicted molar refractivity (Wildman–Crippen MR) is 76.9 cm³/mol. The summed E-state index contributed by atoms with van der Waals surface area (Å²) in [7, 11) is 0. The Balaban J connectivity index is 1.89. The molecule has 1 aromatic carbocycles. The summed E-state index contributed by atoms with van der Waals surface area (Å²) in [6, 6.07) is 8.36. The zero-order chi connectivity index (χ0) is 13.6. The van der Waals surface area contributed by atoms with Crippen molar-refractivity contribution in [2.75, 3.05) is 6.54 Å². The number of nitrogens with zero attached hydrogens (tertiary/aromatic N) is 1. The van der Waals surface area contributed by atoms with Crippen molar-refractivity contribution in [2.45, 2.75) is 38.3 Å². The van der Waals surface area contributed by atoms with Crippen LogP contribution in [0.2, 0.25) is 0 Å². The van der Waals surface area contributed by atoms with Crippen molar-refractivity contribution in [3.05, 3.63) is 34.3 Å². The van der Waals surface area contributed by atoms with Gasteiger partial charge in [-0.05, 0) is 44.4 Å². The minimum Gasteiger partial charge on any atom is -0.443 e. The Morgan fingerprint density at radius 2 is 2.16 bits per heavy atom. The van der Waals surface area contributed by atoms with E-state index in [-0.39, 0.29) is 17.7 Å². The number of benzene rings is 1. The number of cyclic esters (lactones) is 1. The lowest BCUT2D eigenvalue weighted by Gasteiger charge is -2.50. The molecule has 2 bridgehead atoms. The van der Waals surface area contributed by atoms with Gasteiger partial charge in [-0.15, -0.1) is 0 Å². The van der Waals surface area contributed by atoms with Crippen molar-refractivity contribution < 1.29 is 9.53 Å². The molecule has 2 unspecified atom stereocenters. The molecule has 1 aromatic rings. The van der Waals surface area contributed by atoms with E-state index >= 15 is 0 Å². The molecule has 4 heteroatoms. The van der Waals surface area contributed by atoms with Crippen LogP contribution in [0.3, 0.4) is 0 Å². The van der Waals surface area contributed by atoms with E-state index in [4.69, 9.17) is 4.74 Å². The standard InChI is InChI=1S/C15H18BrNO2/c1-15(2)11-6-7-13(17(9-11)14(18)19-15)10-4-3-5-12(16)8-10/h3-5,8,11,13H,6-7,9H2,1-2H3. The average molecular weight is 324 g/mol. The van der Waals surface area contributed by atoms with Gasteiger partial charge in [-0.3, -0.25) is 0 Å². The molecule has 0 aliphatic carbocycles. The van der Waals surface area contributed by atoms with Crippen LogP contribution in [0.25, 0.3) is 0 Å². The quantitative estimate of drug-likeness (QED) is 0.777. The predicted octanol–water partition coefficient (Wildman–Crippen LogP) is 4.13. The highest BCUT2D eigenvalue weighted by molar-refractivity contribution is 9.10. The lowest BCUT2D eigenvalue weighted by atomic mass is 9.79. The molecule has 0 saturated carbocycles. The van der Waals surface area contributed by atoms with Gasteiger partial charge in [-0.25, -0.2) is 4.79 Å². The summed E-state index contributed by atoms with van der Waals surface area (Å²) >= 11 is 3.49. The maximum Gasteiger partial charge on any atom is 0.410 e. The van der Waals surface area contributed by atoms with Crippen LogP contribution in [0.15, 0.2) is 28.7 Å². The van der Waals surface area contributed by atoms with E-state index in [9.17, 15) is 4.79 Å². The van der Waals surface area contributed by atoms with E-state index in [1.165, 1.54) is 5.56 Å². The maximum atomic E-state index is 12.2. The molecule has 2 fully saturated rings. The molecule has 0 aromatic heterocycles. The molecule has 2 aliphatic heterocycles. The Morgan fingerprint density at radius 3 is 2.89 bits per heavy atom. The van der Waals surface area contributed by atoms with Gasteiger partial charge in [-0.1, -0.05) is 28.1 Å². The maximum absolute atomic E-state index is 12.2.